The Bertz CT molecular complexity index is 923. The van der Waals surface area contributed by atoms with Gasteiger partial charge in [-0.1, -0.05) is 11.6 Å². The Morgan fingerprint density at radius 2 is 1.92 bits per heavy atom. The first kappa shape index (κ1) is 16.0. The van der Waals surface area contributed by atoms with Gasteiger partial charge in [0, 0.05) is 40.2 Å². The van der Waals surface area contributed by atoms with Crippen LogP contribution in [0.3, 0.4) is 0 Å². The van der Waals surface area contributed by atoms with Crippen LogP contribution in [0.4, 0.5) is 5.13 Å². The lowest BCUT2D eigenvalue weighted by Crippen LogP contribution is -2.21. The van der Waals surface area contributed by atoms with E-state index in [1.807, 2.05) is 12.1 Å². The second-order valence-corrected chi connectivity index (χ2v) is 7.24. The van der Waals surface area contributed by atoms with Gasteiger partial charge in [0.1, 0.15) is 0 Å². The van der Waals surface area contributed by atoms with Crippen LogP contribution in [-0.4, -0.2) is 20.9 Å². The molecule has 0 radical (unpaired) electrons. The van der Waals surface area contributed by atoms with Crippen molar-refractivity contribution in [3.63, 3.8) is 0 Å². The molecule has 25 heavy (non-hydrogen) atoms. The van der Waals surface area contributed by atoms with Gasteiger partial charge in [-0.25, -0.2) is 15.0 Å². The number of thiazole rings is 1. The standard InChI is InChI=1S/C17H14ClN5OS/c18-11-3-1-9(2-4-11)16-21-6-10(7-22-16)12-5-14(24)20-8-13-15(12)25-17(19)23-13/h1-4,6-7,12H,5,8H2,(H2,19,23)(H,20,24)/t12-/m0/s1. The third-order valence-electron chi connectivity index (χ3n) is 4.08. The lowest BCUT2D eigenvalue weighted by atomic mass is 9.96. The average Bonchev–Trinajstić information content (AvgIpc) is 2.92. The minimum Gasteiger partial charge on any atom is -0.375 e. The third kappa shape index (κ3) is 3.20. The lowest BCUT2D eigenvalue weighted by Gasteiger charge is -2.13. The molecule has 3 aromatic rings. The van der Waals surface area contributed by atoms with Gasteiger partial charge in [-0.2, -0.15) is 0 Å². The molecule has 3 N–H and O–H groups in total. The van der Waals surface area contributed by atoms with Gasteiger partial charge in [-0.05, 0) is 29.8 Å². The highest BCUT2D eigenvalue weighted by molar-refractivity contribution is 7.15. The number of nitrogens with zero attached hydrogens (tertiary/aromatic N) is 3. The van der Waals surface area contributed by atoms with Crippen molar-refractivity contribution in [3.8, 4) is 11.4 Å². The van der Waals surface area contributed by atoms with Crippen LogP contribution in [0.25, 0.3) is 11.4 Å². The Morgan fingerprint density at radius 1 is 1.20 bits per heavy atom. The van der Waals surface area contributed by atoms with Crippen LogP contribution in [0.1, 0.15) is 28.5 Å². The summed E-state index contributed by atoms with van der Waals surface area (Å²) in [4.78, 5) is 26.3. The fourth-order valence-corrected chi connectivity index (χ4v) is 3.95. The predicted octanol–water partition coefficient (Wildman–Crippen LogP) is 2.99. The molecule has 1 aromatic carbocycles. The van der Waals surface area contributed by atoms with Crippen molar-refractivity contribution in [2.24, 2.45) is 0 Å². The van der Waals surface area contributed by atoms with Crippen LogP contribution < -0.4 is 11.1 Å². The van der Waals surface area contributed by atoms with E-state index in [4.69, 9.17) is 17.3 Å². The molecule has 0 spiro atoms. The molecule has 1 aliphatic heterocycles. The monoisotopic (exact) mass is 371 g/mol. The predicted molar refractivity (Wildman–Crippen MR) is 97.3 cm³/mol. The number of anilines is 1. The maximum atomic E-state index is 12.0. The maximum absolute atomic E-state index is 12.0. The van der Waals surface area contributed by atoms with Gasteiger partial charge in [-0.3, -0.25) is 4.79 Å². The van der Waals surface area contributed by atoms with Gasteiger partial charge in [0.05, 0.1) is 12.2 Å². The molecule has 0 aliphatic carbocycles. The molecule has 0 saturated heterocycles. The van der Waals surface area contributed by atoms with Crippen molar-refractivity contribution in [2.45, 2.75) is 18.9 Å². The minimum atomic E-state index is -0.133. The van der Waals surface area contributed by atoms with Gasteiger partial charge in [0.2, 0.25) is 5.91 Å². The summed E-state index contributed by atoms with van der Waals surface area (Å²) >= 11 is 7.33. The number of amides is 1. The first-order valence-corrected chi connectivity index (χ1v) is 8.89. The van der Waals surface area contributed by atoms with Crippen molar-refractivity contribution in [3.05, 3.63) is 57.8 Å². The molecule has 1 aliphatic rings. The number of hydrogen-bond acceptors (Lipinski definition) is 6. The third-order valence-corrected chi connectivity index (χ3v) is 5.37. The maximum Gasteiger partial charge on any atom is 0.221 e. The van der Waals surface area contributed by atoms with E-state index in [1.54, 1.807) is 24.5 Å². The van der Waals surface area contributed by atoms with E-state index in [2.05, 4.69) is 20.3 Å². The van der Waals surface area contributed by atoms with E-state index >= 15 is 0 Å². The quantitative estimate of drug-likeness (QED) is 0.722. The second kappa shape index (κ2) is 6.42. The van der Waals surface area contributed by atoms with Gasteiger partial charge in [0.25, 0.3) is 0 Å². The number of nitrogens with two attached hydrogens (primary N) is 1. The molecule has 126 valence electrons. The van der Waals surface area contributed by atoms with Crippen molar-refractivity contribution in [1.29, 1.82) is 0 Å². The Kier molecular flexibility index (Phi) is 4.10. The van der Waals surface area contributed by atoms with E-state index in [-0.39, 0.29) is 11.8 Å². The zero-order chi connectivity index (χ0) is 17.4. The summed E-state index contributed by atoms with van der Waals surface area (Å²) in [6, 6.07) is 7.35. The number of fused-ring (bicyclic) bond motifs is 1. The zero-order valence-corrected chi connectivity index (χ0v) is 14.6. The highest BCUT2D eigenvalue weighted by Gasteiger charge is 2.28. The molecule has 0 fully saturated rings. The number of rotatable bonds is 2. The van der Waals surface area contributed by atoms with Gasteiger partial charge >= 0.3 is 0 Å². The molecule has 0 saturated carbocycles. The summed E-state index contributed by atoms with van der Waals surface area (Å²) in [6.07, 6.45) is 3.86. The molecule has 2 aromatic heterocycles. The van der Waals surface area contributed by atoms with E-state index in [1.165, 1.54) is 11.3 Å². The molecular weight excluding hydrogens is 358 g/mol. The number of nitrogen functional groups attached to an aromatic ring is 1. The Hall–Kier alpha value is -2.51. The summed E-state index contributed by atoms with van der Waals surface area (Å²) in [5.74, 6) is 0.463. The van der Waals surface area contributed by atoms with Crippen LogP contribution in [0.15, 0.2) is 36.7 Å². The molecule has 0 unspecified atom stereocenters. The van der Waals surface area contributed by atoms with Gasteiger partial charge < -0.3 is 11.1 Å². The molecule has 8 heteroatoms. The fourth-order valence-electron chi connectivity index (χ4n) is 2.85. The smallest absolute Gasteiger partial charge is 0.221 e. The number of benzene rings is 1. The minimum absolute atomic E-state index is 0.0180. The topological polar surface area (TPSA) is 93.8 Å². The zero-order valence-electron chi connectivity index (χ0n) is 13.1. The Morgan fingerprint density at radius 3 is 2.64 bits per heavy atom. The van der Waals surface area contributed by atoms with Crippen molar-refractivity contribution >= 4 is 34.0 Å². The van der Waals surface area contributed by atoms with Crippen LogP contribution in [0, 0.1) is 0 Å². The van der Waals surface area contributed by atoms with Crippen LogP contribution >= 0.6 is 22.9 Å². The molecule has 0 bridgehead atoms. The average molecular weight is 372 g/mol. The second-order valence-electron chi connectivity index (χ2n) is 5.74. The van der Waals surface area contributed by atoms with E-state index in [0.29, 0.717) is 28.9 Å². The fraction of sp³-hybridized carbons (Fsp3) is 0.176. The molecule has 1 atom stereocenters. The number of carbonyl (C=O) groups is 1. The normalized spacial score (nSPS) is 16.8. The number of aromatic nitrogens is 3. The van der Waals surface area contributed by atoms with E-state index in [0.717, 1.165) is 21.7 Å². The Balaban J connectivity index is 1.69. The van der Waals surface area contributed by atoms with Gasteiger partial charge in [-0.15, -0.1) is 11.3 Å². The Labute approximate surface area is 153 Å². The largest absolute Gasteiger partial charge is 0.375 e. The van der Waals surface area contributed by atoms with E-state index < -0.39 is 0 Å². The summed E-state index contributed by atoms with van der Waals surface area (Å²) in [5.41, 5.74) is 8.43. The first-order valence-electron chi connectivity index (χ1n) is 7.70. The molecule has 4 rings (SSSR count). The summed E-state index contributed by atoms with van der Waals surface area (Å²) < 4.78 is 0. The number of hydrogen-bond donors (Lipinski definition) is 2. The molecule has 1 amide bonds. The number of halogens is 1. The van der Waals surface area contributed by atoms with Crippen LogP contribution in [0.2, 0.25) is 5.02 Å². The summed E-state index contributed by atoms with van der Waals surface area (Å²) in [6.45, 7) is 0.405. The number of nitrogens with one attached hydrogen (secondary N) is 1. The summed E-state index contributed by atoms with van der Waals surface area (Å²) in [5, 5.41) is 4.02. The van der Waals surface area contributed by atoms with Crippen molar-refractivity contribution in [2.75, 3.05) is 5.73 Å². The molecular formula is C17H14ClN5OS. The SMILES string of the molecule is Nc1nc2c(s1)[C@H](c1cnc(-c3ccc(Cl)cc3)nc1)CC(=O)NC2. The number of carbonyl (C=O) groups excluding carboxylic acids is 1. The van der Waals surface area contributed by atoms with E-state index in [9.17, 15) is 4.79 Å². The van der Waals surface area contributed by atoms with Crippen LogP contribution in [0.5, 0.6) is 0 Å². The first-order chi connectivity index (χ1) is 12.1. The van der Waals surface area contributed by atoms with Crippen LogP contribution in [-0.2, 0) is 11.3 Å². The highest BCUT2D eigenvalue weighted by atomic mass is 35.5. The lowest BCUT2D eigenvalue weighted by molar-refractivity contribution is -0.121. The van der Waals surface area contributed by atoms with Crippen molar-refractivity contribution in [1.82, 2.24) is 20.3 Å². The van der Waals surface area contributed by atoms with Gasteiger partial charge in [0.15, 0.2) is 11.0 Å². The summed E-state index contributed by atoms with van der Waals surface area (Å²) in [7, 11) is 0. The molecule has 6 nitrogen and oxygen atoms in total. The van der Waals surface area contributed by atoms with Crippen molar-refractivity contribution < 1.29 is 4.79 Å². The highest BCUT2D eigenvalue weighted by Crippen LogP contribution is 2.37. The molecule has 3 heterocycles.